The highest BCUT2D eigenvalue weighted by Gasteiger charge is 2.39. The molecule has 0 bridgehead atoms. The number of hydrogen-bond acceptors (Lipinski definition) is 5. The van der Waals surface area contributed by atoms with Crippen LogP contribution in [0.3, 0.4) is 0 Å². The van der Waals surface area contributed by atoms with Crippen LogP contribution < -0.4 is 10.6 Å². The van der Waals surface area contributed by atoms with Crippen LogP contribution in [-0.2, 0) is 13.0 Å². The molecule has 10 heteroatoms. The highest BCUT2D eigenvalue weighted by molar-refractivity contribution is 6.00. The zero-order valence-corrected chi connectivity index (χ0v) is 29.3. The molecular weight excluding hydrogens is 628 g/mol. The molecule has 1 saturated carbocycles. The Morgan fingerprint density at radius 2 is 1.62 bits per heavy atom. The number of anilines is 1. The normalized spacial score (nSPS) is 17.9. The zero-order chi connectivity index (χ0) is 35.2. The molecule has 1 aliphatic carbocycles. The van der Waals surface area contributed by atoms with Gasteiger partial charge < -0.3 is 25.5 Å². The predicted octanol–water partition coefficient (Wildman–Crippen LogP) is 6.46. The summed E-state index contributed by atoms with van der Waals surface area (Å²) in [4.78, 5) is 45.0. The SMILES string of the molecule is CCCCN(CCCC)C(=O)c1cc(C)n(-c2ccc(NC(=O)N[C@@H]3C[C@H]3c3ccccc3)cc2C(=O)N2Cc3ccccc3C[C@H]2CO)n1. The Bertz CT molecular complexity index is 1810. The smallest absolute Gasteiger partial charge is 0.319 e. The Balaban J connectivity index is 1.30. The molecule has 6 rings (SSSR count). The lowest BCUT2D eigenvalue weighted by molar-refractivity contribution is 0.0544. The summed E-state index contributed by atoms with van der Waals surface area (Å²) >= 11 is 0. The van der Waals surface area contributed by atoms with Crippen LogP contribution in [0.25, 0.3) is 5.69 Å². The van der Waals surface area contributed by atoms with E-state index in [1.165, 1.54) is 5.56 Å². The lowest BCUT2D eigenvalue weighted by atomic mass is 9.93. The molecule has 50 heavy (non-hydrogen) atoms. The van der Waals surface area contributed by atoms with Gasteiger partial charge in [-0.25, -0.2) is 9.48 Å². The molecule has 3 atom stereocenters. The van der Waals surface area contributed by atoms with E-state index in [2.05, 4.69) is 36.6 Å². The molecule has 2 aliphatic rings. The number of unbranched alkanes of at least 4 members (excludes halogenated alkanes) is 2. The van der Waals surface area contributed by atoms with Crippen LogP contribution in [0.4, 0.5) is 10.5 Å². The van der Waals surface area contributed by atoms with Crippen LogP contribution in [0.15, 0.2) is 78.9 Å². The molecule has 262 valence electrons. The van der Waals surface area contributed by atoms with E-state index in [4.69, 9.17) is 5.10 Å². The number of aryl methyl sites for hydroxylation is 1. The summed E-state index contributed by atoms with van der Waals surface area (Å²) in [6, 6.07) is 24.3. The van der Waals surface area contributed by atoms with Gasteiger partial charge in [0, 0.05) is 43.0 Å². The summed E-state index contributed by atoms with van der Waals surface area (Å²) in [5.41, 5.74) is 5.63. The van der Waals surface area contributed by atoms with Gasteiger partial charge in [0.2, 0.25) is 0 Å². The molecule has 1 fully saturated rings. The second-order valence-corrected chi connectivity index (χ2v) is 13.5. The summed E-state index contributed by atoms with van der Waals surface area (Å²) in [5.74, 6) is -0.142. The Kier molecular flexibility index (Phi) is 11.0. The van der Waals surface area contributed by atoms with Gasteiger partial charge in [-0.05, 0) is 73.6 Å². The fourth-order valence-electron chi connectivity index (χ4n) is 6.87. The van der Waals surface area contributed by atoms with Gasteiger partial charge in [0.25, 0.3) is 11.8 Å². The number of nitrogens with zero attached hydrogens (tertiary/aromatic N) is 4. The van der Waals surface area contributed by atoms with Crippen LogP contribution in [0.1, 0.15) is 95.1 Å². The molecule has 0 spiro atoms. The van der Waals surface area contributed by atoms with Crippen molar-refractivity contribution < 1.29 is 19.5 Å². The number of fused-ring (bicyclic) bond motifs is 1. The van der Waals surface area contributed by atoms with Crippen molar-refractivity contribution in [1.82, 2.24) is 24.9 Å². The molecule has 2 heterocycles. The number of hydrogen-bond donors (Lipinski definition) is 3. The molecule has 1 aromatic heterocycles. The topological polar surface area (TPSA) is 120 Å². The van der Waals surface area contributed by atoms with Crippen molar-refractivity contribution in [3.05, 3.63) is 113 Å². The molecule has 10 nitrogen and oxygen atoms in total. The molecule has 0 saturated heterocycles. The van der Waals surface area contributed by atoms with Crippen molar-refractivity contribution >= 4 is 23.5 Å². The van der Waals surface area contributed by atoms with Gasteiger partial charge >= 0.3 is 6.03 Å². The lowest BCUT2D eigenvalue weighted by Gasteiger charge is -2.36. The number of benzene rings is 3. The first-order valence-corrected chi connectivity index (χ1v) is 17.9. The van der Waals surface area contributed by atoms with Crippen LogP contribution >= 0.6 is 0 Å². The van der Waals surface area contributed by atoms with E-state index >= 15 is 0 Å². The van der Waals surface area contributed by atoms with Gasteiger partial charge in [-0.2, -0.15) is 5.10 Å². The molecular formula is C40H48N6O4. The molecule has 1 aliphatic heterocycles. The molecule has 4 amide bonds. The van der Waals surface area contributed by atoms with Crippen LogP contribution in [0, 0.1) is 6.92 Å². The average molecular weight is 677 g/mol. The quantitative estimate of drug-likeness (QED) is 0.150. The highest BCUT2D eigenvalue weighted by atomic mass is 16.3. The highest BCUT2D eigenvalue weighted by Crippen LogP contribution is 2.40. The van der Waals surface area contributed by atoms with E-state index in [9.17, 15) is 19.5 Å². The maximum atomic E-state index is 14.6. The fourth-order valence-corrected chi connectivity index (χ4v) is 6.87. The number of urea groups is 1. The first-order valence-electron chi connectivity index (χ1n) is 17.9. The van der Waals surface area contributed by atoms with E-state index in [0.717, 1.165) is 43.2 Å². The largest absolute Gasteiger partial charge is 0.394 e. The fraction of sp³-hybridized carbons (Fsp3) is 0.400. The maximum absolute atomic E-state index is 14.6. The third kappa shape index (κ3) is 7.75. The molecule has 3 N–H and O–H groups in total. The first-order chi connectivity index (χ1) is 24.3. The minimum Gasteiger partial charge on any atom is -0.394 e. The Hall–Kier alpha value is -4.96. The Labute approximate surface area is 294 Å². The maximum Gasteiger partial charge on any atom is 0.319 e. The van der Waals surface area contributed by atoms with Gasteiger partial charge in [0.05, 0.1) is 23.9 Å². The summed E-state index contributed by atoms with van der Waals surface area (Å²) in [6.07, 6.45) is 5.19. The minimum absolute atomic E-state index is 0.0356. The van der Waals surface area contributed by atoms with E-state index in [0.29, 0.717) is 54.4 Å². The number of aromatic nitrogens is 2. The van der Waals surface area contributed by atoms with Gasteiger partial charge in [-0.1, -0.05) is 81.3 Å². The number of carbonyl (C=O) groups excluding carboxylic acids is 3. The standard InChI is InChI=1S/C40H48N6O4/c1-4-6-19-44(20-7-5-2)39(49)36-21-27(3)46(43-36)37-18-17-31(41-40(50)42-35-24-33(35)28-13-9-8-10-14-28)23-34(37)38(48)45-25-30-16-12-11-15-29(30)22-32(45)26-47/h8-18,21,23,32-33,35,47H,4-7,19-20,22,24-26H2,1-3H3,(H2,41,42,50)/t32-,33-,35+/m0/s1. The zero-order valence-electron chi connectivity index (χ0n) is 29.3. The first kappa shape index (κ1) is 34.9. The van der Waals surface area contributed by atoms with Crippen molar-refractivity contribution in [2.24, 2.45) is 0 Å². The summed E-state index contributed by atoms with van der Waals surface area (Å²) < 4.78 is 1.64. The second kappa shape index (κ2) is 15.7. The molecule has 3 aromatic carbocycles. The van der Waals surface area contributed by atoms with E-state index in [-0.39, 0.29) is 36.4 Å². The van der Waals surface area contributed by atoms with Gasteiger partial charge in [-0.3, -0.25) is 9.59 Å². The van der Waals surface area contributed by atoms with Gasteiger partial charge in [0.1, 0.15) is 0 Å². The molecule has 0 unspecified atom stereocenters. The summed E-state index contributed by atoms with van der Waals surface area (Å²) in [5, 5.41) is 21.2. The van der Waals surface area contributed by atoms with Crippen molar-refractivity contribution in [2.75, 3.05) is 25.0 Å². The molecule has 0 radical (unpaired) electrons. The third-order valence-corrected chi connectivity index (χ3v) is 9.83. The number of aliphatic hydroxyl groups is 1. The lowest BCUT2D eigenvalue weighted by Crippen LogP contribution is -2.46. The number of amides is 4. The average Bonchev–Trinajstić information content (AvgIpc) is 3.80. The van der Waals surface area contributed by atoms with Crippen LogP contribution in [0.5, 0.6) is 0 Å². The third-order valence-electron chi connectivity index (χ3n) is 9.83. The summed E-state index contributed by atoms with van der Waals surface area (Å²) in [6.45, 7) is 7.57. The molecule has 4 aromatic rings. The van der Waals surface area contributed by atoms with Crippen molar-refractivity contribution in [3.8, 4) is 5.69 Å². The van der Waals surface area contributed by atoms with Crippen molar-refractivity contribution in [3.63, 3.8) is 0 Å². The Morgan fingerprint density at radius 3 is 2.32 bits per heavy atom. The van der Waals surface area contributed by atoms with Crippen molar-refractivity contribution in [1.29, 1.82) is 0 Å². The van der Waals surface area contributed by atoms with Gasteiger partial charge in [0.15, 0.2) is 5.69 Å². The predicted molar refractivity (Wildman–Crippen MR) is 195 cm³/mol. The summed E-state index contributed by atoms with van der Waals surface area (Å²) in [7, 11) is 0. The second-order valence-electron chi connectivity index (χ2n) is 13.5. The van der Waals surface area contributed by atoms with Crippen LogP contribution in [-0.4, -0.2) is 74.3 Å². The monoisotopic (exact) mass is 676 g/mol. The number of nitrogens with one attached hydrogen (secondary N) is 2. The number of aliphatic hydroxyl groups excluding tert-OH is 1. The number of carbonyl (C=O) groups is 3. The van der Waals surface area contributed by atoms with E-state index in [1.807, 2.05) is 54.3 Å². The van der Waals surface area contributed by atoms with Crippen LogP contribution in [0.2, 0.25) is 0 Å². The number of rotatable bonds is 13. The van der Waals surface area contributed by atoms with E-state index in [1.54, 1.807) is 33.8 Å². The minimum atomic E-state index is -0.420. The van der Waals surface area contributed by atoms with Gasteiger partial charge in [-0.15, -0.1) is 0 Å². The van der Waals surface area contributed by atoms with Crippen molar-refractivity contribution in [2.45, 2.75) is 83.8 Å². The Morgan fingerprint density at radius 1 is 0.920 bits per heavy atom. The van der Waals surface area contributed by atoms with E-state index < -0.39 is 6.04 Å².